The summed E-state index contributed by atoms with van der Waals surface area (Å²) in [6.45, 7) is 11.3. The van der Waals surface area contributed by atoms with Gasteiger partial charge in [-0.3, -0.25) is 4.79 Å². The zero-order chi connectivity index (χ0) is 20.9. The van der Waals surface area contributed by atoms with Crippen molar-refractivity contribution in [2.45, 2.75) is 70.2 Å². The average Bonchev–Trinajstić information content (AvgIpc) is 3.08. The third-order valence-electron chi connectivity index (χ3n) is 6.17. The van der Waals surface area contributed by atoms with Crippen molar-refractivity contribution in [3.8, 4) is 0 Å². The SMILES string of the molecule is C=C1C(=O)O[C@@H]2/C=C(/C)[C@]3(OC)C[C@@H](OC)[C@](C)(C[C@@H](OC(=O)C(C)C)[C@@H]12)O3. The highest BCUT2D eigenvalue weighted by Gasteiger charge is 2.59. The van der Waals surface area contributed by atoms with Gasteiger partial charge in [-0.05, 0) is 25.5 Å². The fourth-order valence-corrected chi connectivity index (χ4v) is 4.46. The Kier molecular flexibility index (Phi) is 5.47. The molecule has 0 spiro atoms. The predicted octanol–water partition coefficient (Wildman–Crippen LogP) is 2.54. The van der Waals surface area contributed by atoms with Crippen LogP contribution in [0.4, 0.5) is 0 Å². The lowest BCUT2D eigenvalue weighted by Crippen LogP contribution is -2.45. The monoisotopic (exact) mass is 394 g/mol. The van der Waals surface area contributed by atoms with Gasteiger partial charge in [0.15, 0.2) is 5.79 Å². The Morgan fingerprint density at radius 3 is 2.57 bits per heavy atom. The van der Waals surface area contributed by atoms with E-state index in [0.29, 0.717) is 18.4 Å². The molecule has 3 aliphatic heterocycles. The number of fused-ring (bicyclic) bond motifs is 3. The largest absolute Gasteiger partial charge is 0.461 e. The summed E-state index contributed by atoms with van der Waals surface area (Å²) in [7, 11) is 3.21. The van der Waals surface area contributed by atoms with E-state index < -0.39 is 35.5 Å². The van der Waals surface area contributed by atoms with E-state index in [2.05, 4.69) is 6.58 Å². The Morgan fingerprint density at radius 2 is 2.00 bits per heavy atom. The molecule has 3 aliphatic rings. The molecule has 0 aromatic heterocycles. The number of hydrogen-bond acceptors (Lipinski definition) is 7. The lowest BCUT2D eigenvalue weighted by atomic mass is 9.80. The normalized spacial score (nSPS) is 42.2. The summed E-state index contributed by atoms with van der Waals surface area (Å²) >= 11 is 0. The first kappa shape index (κ1) is 21.0. The minimum Gasteiger partial charge on any atom is -0.461 e. The van der Waals surface area contributed by atoms with Gasteiger partial charge in [0, 0.05) is 32.6 Å². The molecular formula is C21H30O7. The summed E-state index contributed by atoms with van der Waals surface area (Å²) in [5, 5.41) is 0. The average molecular weight is 394 g/mol. The van der Waals surface area contributed by atoms with Crippen LogP contribution in [0.1, 0.15) is 40.5 Å². The van der Waals surface area contributed by atoms with E-state index in [1.165, 1.54) is 0 Å². The first-order valence-electron chi connectivity index (χ1n) is 9.64. The van der Waals surface area contributed by atoms with Crippen LogP contribution < -0.4 is 0 Å². The summed E-state index contributed by atoms with van der Waals surface area (Å²) in [5.41, 5.74) is 0.300. The van der Waals surface area contributed by atoms with Crippen LogP contribution in [0.25, 0.3) is 0 Å². The minimum absolute atomic E-state index is 0.279. The maximum absolute atomic E-state index is 12.4. The fourth-order valence-electron chi connectivity index (χ4n) is 4.46. The molecule has 0 amide bonds. The lowest BCUT2D eigenvalue weighted by molar-refractivity contribution is -0.223. The van der Waals surface area contributed by atoms with E-state index in [1.54, 1.807) is 28.1 Å². The highest BCUT2D eigenvalue weighted by Crippen LogP contribution is 2.50. The summed E-state index contributed by atoms with van der Waals surface area (Å²) < 4.78 is 29.3. The molecule has 0 radical (unpaired) electrons. The summed E-state index contributed by atoms with van der Waals surface area (Å²) in [4.78, 5) is 24.7. The second-order valence-corrected chi connectivity index (χ2v) is 8.41. The molecule has 0 aromatic carbocycles. The van der Waals surface area contributed by atoms with E-state index in [-0.39, 0.29) is 18.0 Å². The van der Waals surface area contributed by atoms with Crippen molar-refractivity contribution < 1.29 is 33.3 Å². The van der Waals surface area contributed by atoms with Crippen LogP contribution in [0.5, 0.6) is 0 Å². The maximum Gasteiger partial charge on any atom is 0.334 e. The molecule has 28 heavy (non-hydrogen) atoms. The zero-order valence-electron chi connectivity index (χ0n) is 17.4. The van der Waals surface area contributed by atoms with Gasteiger partial charge in [-0.25, -0.2) is 4.79 Å². The molecular weight excluding hydrogens is 364 g/mol. The third kappa shape index (κ3) is 3.29. The van der Waals surface area contributed by atoms with Gasteiger partial charge in [0.2, 0.25) is 0 Å². The summed E-state index contributed by atoms with van der Waals surface area (Å²) in [6, 6.07) is 0. The number of esters is 2. The molecule has 0 aromatic rings. The molecule has 0 N–H and O–H groups in total. The van der Waals surface area contributed by atoms with Gasteiger partial charge in [0.25, 0.3) is 0 Å². The van der Waals surface area contributed by atoms with Crippen molar-refractivity contribution in [1.29, 1.82) is 0 Å². The lowest BCUT2D eigenvalue weighted by Gasteiger charge is -2.36. The van der Waals surface area contributed by atoms with Crippen LogP contribution in [0.2, 0.25) is 0 Å². The minimum atomic E-state index is -0.993. The highest BCUT2D eigenvalue weighted by atomic mass is 16.7. The van der Waals surface area contributed by atoms with Crippen molar-refractivity contribution in [2.24, 2.45) is 11.8 Å². The molecule has 3 rings (SSSR count). The quantitative estimate of drug-likeness (QED) is 0.412. The van der Waals surface area contributed by atoms with E-state index >= 15 is 0 Å². The number of ether oxygens (including phenoxy) is 5. The first-order chi connectivity index (χ1) is 13.1. The van der Waals surface area contributed by atoms with Crippen molar-refractivity contribution >= 4 is 11.9 Å². The molecule has 0 aliphatic carbocycles. The van der Waals surface area contributed by atoms with Crippen molar-refractivity contribution in [2.75, 3.05) is 14.2 Å². The molecule has 0 saturated carbocycles. The van der Waals surface area contributed by atoms with Gasteiger partial charge in [-0.2, -0.15) is 0 Å². The number of methoxy groups -OCH3 is 2. The number of carbonyl (C=O) groups is 2. The summed E-state index contributed by atoms with van der Waals surface area (Å²) in [6.07, 6.45) is 1.12. The Hall–Kier alpha value is -1.70. The maximum atomic E-state index is 12.4. The van der Waals surface area contributed by atoms with Crippen LogP contribution in [-0.4, -0.2) is 55.9 Å². The predicted molar refractivity (Wildman–Crippen MR) is 100 cm³/mol. The number of carbonyl (C=O) groups excluding carboxylic acids is 2. The third-order valence-corrected chi connectivity index (χ3v) is 6.17. The van der Waals surface area contributed by atoms with Gasteiger partial charge in [-0.1, -0.05) is 20.4 Å². The van der Waals surface area contributed by atoms with Gasteiger partial charge >= 0.3 is 11.9 Å². The Balaban J connectivity index is 2.10. The van der Waals surface area contributed by atoms with Gasteiger partial charge in [0.05, 0.1) is 23.5 Å². The second-order valence-electron chi connectivity index (χ2n) is 8.41. The van der Waals surface area contributed by atoms with Crippen LogP contribution in [0.3, 0.4) is 0 Å². The standard InChI is InChI=1S/C21H30O7/c1-11(2)18(22)27-15-9-20(5)16(24-6)10-21(25-7,28-20)12(3)8-14-17(15)13(4)19(23)26-14/h8,11,14-17H,4,9-10H2,1-3,5-7H3/b12-8-/t14-,15-,16-,17+,20+,21+/m1/s1. The first-order valence-corrected chi connectivity index (χ1v) is 9.64. The molecule has 2 bridgehead atoms. The Bertz CT molecular complexity index is 712. The topological polar surface area (TPSA) is 80.3 Å². The molecule has 7 heteroatoms. The van der Waals surface area contributed by atoms with E-state index in [4.69, 9.17) is 23.7 Å². The van der Waals surface area contributed by atoms with Gasteiger partial charge < -0.3 is 23.7 Å². The number of hydrogen-bond donors (Lipinski definition) is 0. The molecule has 6 atom stereocenters. The van der Waals surface area contributed by atoms with Crippen molar-refractivity contribution in [3.63, 3.8) is 0 Å². The van der Waals surface area contributed by atoms with E-state index in [0.717, 1.165) is 5.57 Å². The molecule has 3 heterocycles. The van der Waals surface area contributed by atoms with Crippen LogP contribution in [-0.2, 0) is 33.3 Å². The van der Waals surface area contributed by atoms with Crippen molar-refractivity contribution in [1.82, 2.24) is 0 Å². The van der Waals surface area contributed by atoms with Crippen LogP contribution in [0.15, 0.2) is 23.8 Å². The van der Waals surface area contributed by atoms with E-state index in [9.17, 15) is 9.59 Å². The second kappa shape index (κ2) is 7.28. The summed E-state index contributed by atoms with van der Waals surface area (Å²) in [5.74, 6) is -2.60. The van der Waals surface area contributed by atoms with Gasteiger partial charge in [-0.15, -0.1) is 0 Å². The van der Waals surface area contributed by atoms with Crippen LogP contribution >= 0.6 is 0 Å². The fraction of sp³-hybridized carbons (Fsp3) is 0.714. The molecule has 2 saturated heterocycles. The van der Waals surface area contributed by atoms with E-state index in [1.807, 2.05) is 19.9 Å². The number of rotatable bonds is 4. The van der Waals surface area contributed by atoms with Crippen LogP contribution in [0, 0.1) is 11.8 Å². The molecule has 7 nitrogen and oxygen atoms in total. The Morgan fingerprint density at radius 1 is 1.32 bits per heavy atom. The van der Waals surface area contributed by atoms with Crippen molar-refractivity contribution in [3.05, 3.63) is 23.8 Å². The molecule has 2 fully saturated rings. The van der Waals surface area contributed by atoms with Gasteiger partial charge in [0.1, 0.15) is 12.2 Å². The zero-order valence-corrected chi connectivity index (χ0v) is 17.4. The molecule has 156 valence electrons. The molecule has 0 unspecified atom stereocenters. The smallest absolute Gasteiger partial charge is 0.334 e. The Labute approximate surface area is 166 Å². The highest BCUT2D eigenvalue weighted by molar-refractivity contribution is 5.91.